The molecule has 4 nitrogen and oxygen atoms in total. The van der Waals surface area contributed by atoms with Crippen molar-refractivity contribution in [1.82, 2.24) is 10.2 Å². The molecule has 0 spiro atoms. The van der Waals surface area contributed by atoms with Crippen molar-refractivity contribution < 1.29 is 9.18 Å². The molecule has 24 heavy (non-hydrogen) atoms. The Labute approximate surface area is 139 Å². The van der Waals surface area contributed by atoms with Crippen LogP contribution in [0.15, 0.2) is 60.7 Å². The number of halogens is 1. The van der Waals surface area contributed by atoms with E-state index >= 15 is 0 Å². The van der Waals surface area contributed by atoms with Crippen molar-refractivity contribution in [2.24, 2.45) is 0 Å². The molecule has 1 heterocycles. The van der Waals surface area contributed by atoms with Crippen molar-refractivity contribution in [2.45, 2.75) is 6.92 Å². The molecule has 0 bridgehead atoms. The van der Waals surface area contributed by atoms with Gasteiger partial charge in [-0.15, -0.1) is 0 Å². The minimum atomic E-state index is -0.309. The van der Waals surface area contributed by atoms with Gasteiger partial charge in [0.25, 0.3) is 0 Å². The van der Waals surface area contributed by atoms with Gasteiger partial charge < -0.3 is 5.32 Å². The van der Waals surface area contributed by atoms with Gasteiger partial charge in [0, 0.05) is 12.1 Å². The summed E-state index contributed by atoms with van der Waals surface area (Å²) < 4.78 is 12.8. The van der Waals surface area contributed by atoms with Gasteiger partial charge in [-0.3, -0.25) is 9.89 Å². The number of carbonyl (C=O) groups excluding carboxylic acids is 1. The number of rotatable bonds is 4. The molecule has 1 amide bonds. The summed E-state index contributed by atoms with van der Waals surface area (Å²) in [7, 11) is 0. The minimum absolute atomic E-state index is 0.304. The Bertz CT molecular complexity index is 864. The number of aryl methyl sites for hydroxylation is 1. The van der Waals surface area contributed by atoms with E-state index in [-0.39, 0.29) is 11.7 Å². The van der Waals surface area contributed by atoms with Gasteiger partial charge >= 0.3 is 0 Å². The standard InChI is InChI=1S/C19H16FN3O/c1-13-2-7-15(8-3-13)17-12-18(23-22-17)21-19(24)11-6-14-4-9-16(20)10-5-14/h2-12H,1H3,(H2,21,22,23,24)/b11-6+. The zero-order valence-electron chi connectivity index (χ0n) is 13.1. The third kappa shape index (κ3) is 3.95. The molecular formula is C19H16FN3O. The Hall–Kier alpha value is -3.21. The lowest BCUT2D eigenvalue weighted by Crippen LogP contribution is -2.07. The fraction of sp³-hybridized carbons (Fsp3) is 0.0526. The Morgan fingerprint density at radius 2 is 1.83 bits per heavy atom. The molecule has 3 aromatic rings. The predicted molar refractivity (Wildman–Crippen MR) is 92.8 cm³/mol. The van der Waals surface area contributed by atoms with Crippen LogP contribution in [-0.4, -0.2) is 16.1 Å². The summed E-state index contributed by atoms with van der Waals surface area (Å²) in [6.45, 7) is 2.02. The molecule has 5 heteroatoms. The third-order valence-corrected chi connectivity index (χ3v) is 3.49. The number of aromatic amines is 1. The average molecular weight is 321 g/mol. The lowest BCUT2D eigenvalue weighted by atomic mass is 10.1. The van der Waals surface area contributed by atoms with Crippen LogP contribution >= 0.6 is 0 Å². The van der Waals surface area contributed by atoms with Crippen LogP contribution in [0.5, 0.6) is 0 Å². The fourth-order valence-corrected chi connectivity index (χ4v) is 2.18. The number of carbonyl (C=O) groups is 1. The first-order valence-corrected chi connectivity index (χ1v) is 7.47. The number of hydrogen-bond donors (Lipinski definition) is 2. The Morgan fingerprint density at radius 1 is 1.12 bits per heavy atom. The van der Waals surface area contributed by atoms with Gasteiger partial charge in [-0.25, -0.2) is 4.39 Å². The van der Waals surface area contributed by atoms with E-state index in [1.165, 1.54) is 23.8 Å². The maximum absolute atomic E-state index is 12.8. The number of amides is 1. The van der Waals surface area contributed by atoms with E-state index in [9.17, 15) is 9.18 Å². The number of aromatic nitrogens is 2. The van der Waals surface area contributed by atoms with Gasteiger partial charge in [0.1, 0.15) is 5.82 Å². The molecule has 0 aliphatic carbocycles. The lowest BCUT2D eigenvalue weighted by molar-refractivity contribution is -0.111. The first kappa shape index (κ1) is 15.7. The fourth-order valence-electron chi connectivity index (χ4n) is 2.18. The zero-order chi connectivity index (χ0) is 16.9. The molecule has 0 saturated heterocycles. The van der Waals surface area contributed by atoms with Crippen LogP contribution in [-0.2, 0) is 4.79 Å². The second kappa shape index (κ2) is 6.91. The van der Waals surface area contributed by atoms with E-state index < -0.39 is 0 Å². The van der Waals surface area contributed by atoms with E-state index in [1.54, 1.807) is 24.3 Å². The van der Waals surface area contributed by atoms with Crippen molar-refractivity contribution in [3.05, 3.63) is 77.6 Å². The molecular weight excluding hydrogens is 305 g/mol. The molecule has 0 atom stereocenters. The highest BCUT2D eigenvalue weighted by atomic mass is 19.1. The SMILES string of the molecule is Cc1ccc(-c2cc(NC(=O)/C=C/c3ccc(F)cc3)n[nH]2)cc1. The van der Waals surface area contributed by atoms with Crippen LogP contribution in [0.1, 0.15) is 11.1 Å². The van der Waals surface area contributed by atoms with Crippen molar-refractivity contribution in [1.29, 1.82) is 0 Å². The van der Waals surface area contributed by atoms with Gasteiger partial charge in [0.15, 0.2) is 5.82 Å². The summed E-state index contributed by atoms with van der Waals surface area (Å²) in [4.78, 5) is 11.9. The molecule has 0 radical (unpaired) electrons. The van der Waals surface area contributed by atoms with Crippen molar-refractivity contribution in [2.75, 3.05) is 5.32 Å². The molecule has 120 valence electrons. The average Bonchev–Trinajstić information content (AvgIpc) is 3.03. The van der Waals surface area contributed by atoms with Gasteiger partial charge in [0.05, 0.1) is 5.69 Å². The molecule has 1 aromatic heterocycles. The lowest BCUT2D eigenvalue weighted by Gasteiger charge is -1.97. The molecule has 0 aliphatic heterocycles. The molecule has 0 fully saturated rings. The monoisotopic (exact) mass is 321 g/mol. The maximum atomic E-state index is 12.8. The molecule has 2 aromatic carbocycles. The van der Waals surface area contributed by atoms with E-state index in [2.05, 4.69) is 15.5 Å². The summed E-state index contributed by atoms with van der Waals surface area (Å²) in [6.07, 6.45) is 3.00. The van der Waals surface area contributed by atoms with Gasteiger partial charge in [0.2, 0.25) is 5.91 Å². The normalized spacial score (nSPS) is 10.9. The summed E-state index contributed by atoms with van der Waals surface area (Å²) in [6, 6.07) is 15.7. The Kier molecular flexibility index (Phi) is 4.52. The van der Waals surface area contributed by atoms with Crippen molar-refractivity contribution in [3.63, 3.8) is 0 Å². The third-order valence-electron chi connectivity index (χ3n) is 3.49. The summed E-state index contributed by atoms with van der Waals surface area (Å²) in [5.41, 5.74) is 3.75. The zero-order valence-corrected chi connectivity index (χ0v) is 13.1. The minimum Gasteiger partial charge on any atom is -0.306 e. The topological polar surface area (TPSA) is 57.8 Å². The van der Waals surface area contributed by atoms with Crippen molar-refractivity contribution >= 4 is 17.8 Å². The van der Waals surface area contributed by atoms with Crippen molar-refractivity contribution in [3.8, 4) is 11.3 Å². The Morgan fingerprint density at radius 3 is 2.54 bits per heavy atom. The highest BCUT2D eigenvalue weighted by Gasteiger charge is 2.05. The van der Waals surface area contributed by atoms with Gasteiger partial charge in [-0.1, -0.05) is 42.0 Å². The van der Waals surface area contributed by atoms with Crippen LogP contribution in [0.4, 0.5) is 10.2 Å². The number of H-pyrrole nitrogens is 1. The predicted octanol–water partition coefficient (Wildman–Crippen LogP) is 4.18. The largest absolute Gasteiger partial charge is 0.306 e. The number of nitrogens with one attached hydrogen (secondary N) is 2. The molecule has 0 unspecified atom stereocenters. The second-order valence-electron chi connectivity index (χ2n) is 5.41. The van der Waals surface area contributed by atoms with Crippen LogP contribution in [0, 0.1) is 12.7 Å². The Balaban J connectivity index is 1.64. The van der Waals surface area contributed by atoms with Crippen LogP contribution in [0.3, 0.4) is 0 Å². The van der Waals surface area contributed by atoms with Crippen LogP contribution < -0.4 is 5.32 Å². The van der Waals surface area contributed by atoms with Crippen LogP contribution in [0.2, 0.25) is 0 Å². The molecule has 0 saturated carbocycles. The quantitative estimate of drug-likeness (QED) is 0.708. The van der Waals surface area contributed by atoms with Gasteiger partial charge in [-0.05, 0) is 36.3 Å². The first-order chi connectivity index (χ1) is 11.6. The number of nitrogens with zero attached hydrogens (tertiary/aromatic N) is 1. The smallest absolute Gasteiger partial charge is 0.249 e. The first-order valence-electron chi connectivity index (χ1n) is 7.47. The molecule has 0 aliphatic rings. The van der Waals surface area contributed by atoms with E-state index in [0.717, 1.165) is 16.8 Å². The highest BCUT2D eigenvalue weighted by molar-refractivity contribution is 6.01. The van der Waals surface area contributed by atoms with Crippen LogP contribution in [0.25, 0.3) is 17.3 Å². The van der Waals surface area contributed by atoms with E-state index in [1.807, 2.05) is 31.2 Å². The summed E-state index contributed by atoms with van der Waals surface area (Å²) in [5, 5.41) is 9.66. The maximum Gasteiger partial charge on any atom is 0.249 e. The summed E-state index contributed by atoms with van der Waals surface area (Å²) in [5.74, 6) is -0.169. The number of benzene rings is 2. The highest BCUT2D eigenvalue weighted by Crippen LogP contribution is 2.20. The number of hydrogen-bond acceptors (Lipinski definition) is 2. The van der Waals surface area contributed by atoms with E-state index in [0.29, 0.717) is 5.82 Å². The van der Waals surface area contributed by atoms with E-state index in [4.69, 9.17) is 0 Å². The number of anilines is 1. The van der Waals surface area contributed by atoms with Gasteiger partial charge in [-0.2, -0.15) is 5.10 Å². The summed E-state index contributed by atoms with van der Waals surface area (Å²) >= 11 is 0. The molecule has 2 N–H and O–H groups in total. The second-order valence-corrected chi connectivity index (χ2v) is 5.41. The molecule has 3 rings (SSSR count).